The SMILES string of the molecule is CC1CN(S(=O)(=O)c2cc(Cl)c(Br)c(N)c2F)CC(C)O1. The molecule has 2 atom stereocenters. The summed E-state index contributed by atoms with van der Waals surface area (Å²) >= 11 is 8.91. The molecule has 0 spiro atoms. The first-order valence-corrected chi connectivity index (χ1v) is 8.84. The summed E-state index contributed by atoms with van der Waals surface area (Å²) in [6.07, 6.45) is -0.537. The highest BCUT2D eigenvalue weighted by atomic mass is 79.9. The number of benzene rings is 1. The van der Waals surface area contributed by atoms with Gasteiger partial charge in [-0.3, -0.25) is 0 Å². The number of sulfonamides is 1. The zero-order chi connectivity index (χ0) is 15.9. The van der Waals surface area contributed by atoms with Crippen LogP contribution in [0.1, 0.15) is 13.8 Å². The van der Waals surface area contributed by atoms with Gasteiger partial charge in [0.25, 0.3) is 0 Å². The van der Waals surface area contributed by atoms with Crippen molar-refractivity contribution in [2.24, 2.45) is 0 Å². The van der Waals surface area contributed by atoms with Crippen molar-refractivity contribution in [2.75, 3.05) is 18.8 Å². The van der Waals surface area contributed by atoms with E-state index in [2.05, 4.69) is 15.9 Å². The maximum Gasteiger partial charge on any atom is 0.246 e. The van der Waals surface area contributed by atoms with Crippen molar-refractivity contribution in [1.29, 1.82) is 0 Å². The predicted molar refractivity (Wildman–Crippen MR) is 82.3 cm³/mol. The Balaban J connectivity index is 2.50. The van der Waals surface area contributed by atoms with Crippen LogP contribution in [0.25, 0.3) is 0 Å². The number of hydrogen-bond donors (Lipinski definition) is 1. The van der Waals surface area contributed by atoms with E-state index in [-0.39, 0.29) is 40.5 Å². The molecule has 2 unspecified atom stereocenters. The summed E-state index contributed by atoms with van der Waals surface area (Å²) in [5.41, 5.74) is 5.23. The van der Waals surface area contributed by atoms with E-state index in [1.165, 1.54) is 4.31 Å². The minimum atomic E-state index is -4.03. The molecular weight excluding hydrogens is 387 g/mol. The molecule has 1 aromatic rings. The lowest BCUT2D eigenvalue weighted by atomic mass is 10.3. The first-order valence-electron chi connectivity index (χ1n) is 6.23. The molecule has 0 bridgehead atoms. The highest BCUT2D eigenvalue weighted by molar-refractivity contribution is 9.10. The van der Waals surface area contributed by atoms with E-state index >= 15 is 0 Å². The third kappa shape index (κ3) is 3.19. The van der Waals surface area contributed by atoms with Crippen molar-refractivity contribution in [1.82, 2.24) is 4.31 Å². The lowest BCUT2D eigenvalue weighted by Crippen LogP contribution is -2.48. The smallest absolute Gasteiger partial charge is 0.246 e. The fraction of sp³-hybridized carbons (Fsp3) is 0.500. The van der Waals surface area contributed by atoms with Crippen LogP contribution in [0.3, 0.4) is 0 Å². The molecule has 1 aliphatic rings. The molecule has 0 aromatic heterocycles. The van der Waals surface area contributed by atoms with Crippen molar-refractivity contribution < 1.29 is 17.5 Å². The van der Waals surface area contributed by atoms with Crippen LogP contribution in [0.2, 0.25) is 5.02 Å². The first kappa shape index (κ1) is 17.0. The Labute approximate surface area is 136 Å². The number of ether oxygens (including phenoxy) is 1. The lowest BCUT2D eigenvalue weighted by Gasteiger charge is -2.34. The third-order valence-corrected chi connectivity index (χ3v) is 6.37. The van der Waals surface area contributed by atoms with Gasteiger partial charge in [-0.05, 0) is 35.8 Å². The number of hydrogen-bond acceptors (Lipinski definition) is 4. The van der Waals surface area contributed by atoms with E-state index in [9.17, 15) is 12.8 Å². The molecule has 2 N–H and O–H groups in total. The van der Waals surface area contributed by atoms with E-state index in [0.29, 0.717) is 0 Å². The van der Waals surface area contributed by atoms with Gasteiger partial charge in [0, 0.05) is 13.1 Å². The normalized spacial score (nSPS) is 24.2. The molecule has 1 aromatic carbocycles. The predicted octanol–water partition coefficient (Wildman–Crippen LogP) is 2.62. The van der Waals surface area contributed by atoms with Gasteiger partial charge < -0.3 is 10.5 Å². The van der Waals surface area contributed by atoms with Gasteiger partial charge in [0.15, 0.2) is 5.82 Å². The maximum absolute atomic E-state index is 14.2. The molecule has 0 aliphatic carbocycles. The largest absolute Gasteiger partial charge is 0.395 e. The van der Waals surface area contributed by atoms with Gasteiger partial charge in [0.2, 0.25) is 10.0 Å². The second-order valence-corrected chi connectivity index (χ2v) is 8.08. The molecule has 2 rings (SSSR count). The van der Waals surface area contributed by atoms with Gasteiger partial charge in [-0.2, -0.15) is 4.31 Å². The second kappa shape index (κ2) is 6.00. The van der Waals surface area contributed by atoms with Crippen LogP contribution in [-0.2, 0) is 14.8 Å². The summed E-state index contributed by atoms with van der Waals surface area (Å²) in [5, 5.41) is 0.0434. The number of nitrogens with two attached hydrogens (primary N) is 1. The number of nitrogens with zero attached hydrogens (tertiary/aromatic N) is 1. The molecule has 1 heterocycles. The summed E-state index contributed by atoms with van der Waals surface area (Å²) in [4.78, 5) is -0.519. The Hall–Kier alpha value is -0.410. The molecule has 1 aliphatic heterocycles. The van der Waals surface area contributed by atoms with Gasteiger partial charge in [-0.25, -0.2) is 12.8 Å². The first-order chi connectivity index (χ1) is 9.64. The molecule has 0 amide bonds. The van der Waals surface area contributed by atoms with Crippen LogP contribution in [0.5, 0.6) is 0 Å². The van der Waals surface area contributed by atoms with Gasteiger partial charge in [0.1, 0.15) is 4.90 Å². The molecule has 118 valence electrons. The van der Waals surface area contributed by atoms with Crippen LogP contribution in [0, 0.1) is 5.82 Å². The van der Waals surface area contributed by atoms with Crippen LogP contribution in [0.15, 0.2) is 15.4 Å². The Kier molecular flexibility index (Phi) is 4.84. The molecule has 5 nitrogen and oxygen atoms in total. The van der Waals surface area contributed by atoms with Gasteiger partial charge in [0.05, 0.1) is 27.4 Å². The molecule has 0 radical (unpaired) electrons. The zero-order valence-corrected chi connectivity index (χ0v) is 14.6. The van der Waals surface area contributed by atoms with Crippen LogP contribution in [-0.4, -0.2) is 38.0 Å². The maximum atomic E-state index is 14.2. The van der Waals surface area contributed by atoms with Crippen LogP contribution in [0.4, 0.5) is 10.1 Å². The lowest BCUT2D eigenvalue weighted by molar-refractivity contribution is -0.0441. The number of anilines is 1. The quantitative estimate of drug-likeness (QED) is 0.611. The second-order valence-electron chi connectivity index (χ2n) is 4.98. The summed E-state index contributed by atoms with van der Waals surface area (Å²) in [6, 6.07) is 1.07. The van der Waals surface area contributed by atoms with E-state index in [1.54, 1.807) is 13.8 Å². The van der Waals surface area contributed by atoms with Crippen LogP contribution < -0.4 is 5.73 Å². The van der Waals surface area contributed by atoms with Crippen molar-refractivity contribution >= 4 is 43.2 Å². The topological polar surface area (TPSA) is 72.6 Å². The molecule has 21 heavy (non-hydrogen) atoms. The Morgan fingerprint density at radius 2 is 1.95 bits per heavy atom. The Bertz CT molecular complexity index is 661. The van der Waals surface area contributed by atoms with Gasteiger partial charge in [-0.1, -0.05) is 11.6 Å². The number of rotatable bonds is 2. The number of morpholine rings is 1. The zero-order valence-electron chi connectivity index (χ0n) is 11.4. The minimum absolute atomic E-state index is 0.0434. The average molecular weight is 402 g/mol. The minimum Gasteiger partial charge on any atom is -0.395 e. The van der Waals surface area contributed by atoms with E-state index in [0.717, 1.165) is 6.07 Å². The highest BCUT2D eigenvalue weighted by Crippen LogP contribution is 2.36. The average Bonchev–Trinajstić information content (AvgIpc) is 2.39. The summed E-state index contributed by atoms with van der Waals surface area (Å²) in [7, 11) is -4.03. The standard InChI is InChI=1S/C12H15BrClFN2O3S/c1-6-4-17(5-7(2)20-6)21(18,19)9-3-8(14)10(13)12(16)11(9)15/h3,6-7H,4-5,16H2,1-2H3. The molecule has 0 saturated carbocycles. The molecule has 9 heteroatoms. The highest BCUT2D eigenvalue weighted by Gasteiger charge is 2.35. The van der Waals surface area contributed by atoms with Crippen molar-refractivity contribution in [3.05, 3.63) is 21.4 Å². The molecular formula is C12H15BrClFN2O3S. The monoisotopic (exact) mass is 400 g/mol. The third-order valence-electron chi connectivity index (χ3n) is 3.16. The van der Waals surface area contributed by atoms with Gasteiger partial charge >= 0.3 is 0 Å². The Morgan fingerprint density at radius 3 is 2.48 bits per heavy atom. The summed E-state index contributed by atoms with van der Waals surface area (Å²) in [6.45, 7) is 3.83. The number of halogens is 3. The summed E-state index contributed by atoms with van der Waals surface area (Å²) < 4.78 is 46.3. The summed E-state index contributed by atoms with van der Waals surface area (Å²) in [5.74, 6) is -1.00. The fourth-order valence-corrected chi connectivity index (χ4v) is 4.51. The van der Waals surface area contributed by atoms with E-state index in [4.69, 9.17) is 22.1 Å². The fourth-order valence-electron chi connectivity index (χ4n) is 2.25. The van der Waals surface area contributed by atoms with Crippen molar-refractivity contribution in [2.45, 2.75) is 31.0 Å². The van der Waals surface area contributed by atoms with Crippen molar-refractivity contribution in [3.63, 3.8) is 0 Å². The van der Waals surface area contributed by atoms with Crippen molar-refractivity contribution in [3.8, 4) is 0 Å². The molecule has 1 saturated heterocycles. The van der Waals surface area contributed by atoms with E-state index in [1.807, 2.05) is 0 Å². The number of nitrogen functional groups attached to an aromatic ring is 1. The van der Waals surface area contributed by atoms with Crippen LogP contribution >= 0.6 is 27.5 Å². The van der Waals surface area contributed by atoms with Gasteiger partial charge in [-0.15, -0.1) is 0 Å². The Morgan fingerprint density at radius 1 is 1.43 bits per heavy atom. The molecule has 1 fully saturated rings. The van der Waals surface area contributed by atoms with E-state index < -0.39 is 20.7 Å².